The molecule has 1 aromatic carbocycles. The second-order valence-corrected chi connectivity index (χ2v) is 11.3. The quantitative estimate of drug-likeness (QED) is 0.336. The molecular weight excluding hydrogens is 496 g/mol. The SMILES string of the molecule is Cc1ccc(-c2c(CNC(=O)OC(C)(C)C)c(CC(C)C)nc(C)c2C(C)Oc2nn(C)cc2C(=O)O)cc1. The average Bonchev–Trinajstić information content (AvgIpc) is 3.17. The average molecular weight is 537 g/mol. The van der Waals surface area contributed by atoms with Crippen LogP contribution in [0.1, 0.15) is 86.1 Å². The van der Waals surface area contributed by atoms with Crippen LogP contribution in [0, 0.1) is 19.8 Å². The number of hydrogen-bond acceptors (Lipinski definition) is 6. The molecule has 1 unspecified atom stereocenters. The van der Waals surface area contributed by atoms with Crippen LogP contribution in [0.4, 0.5) is 4.79 Å². The summed E-state index contributed by atoms with van der Waals surface area (Å²) in [5.74, 6) is -0.755. The summed E-state index contributed by atoms with van der Waals surface area (Å²) in [6, 6.07) is 8.16. The molecule has 0 bridgehead atoms. The van der Waals surface area contributed by atoms with Gasteiger partial charge >= 0.3 is 12.1 Å². The summed E-state index contributed by atoms with van der Waals surface area (Å²) < 4.78 is 13.1. The van der Waals surface area contributed by atoms with E-state index >= 15 is 0 Å². The number of aromatic nitrogens is 3. The largest absolute Gasteiger partial charge is 0.477 e. The number of benzene rings is 1. The van der Waals surface area contributed by atoms with E-state index in [0.717, 1.165) is 39.2 Å². The Morgan fingerprint density at radius 2 is 1.74 bits per heavy atom. The summed E-state index contributed by atoms with van der Waals surface area (Å²) in [6.45, 7) is 15.7. The van der Waals surface area contributed by atoms with Gasteiger partial charge in [0.2, 0.25) is 5.88 Å². The lowest BCUT2D eigenvalue weighted by atomic mass is 9.88. The third-order valence-corrected chi connectivity index (χ3v) is 6.08. The van der Waals surface area contributed by atoms with Crippen molar-refractivity contribution in [2.75, 3.05) is 0 Å². The van der Waals surface area contributed by atoms with Crippen LogP contribution in [0.3, 0.4) is 0 Å². The maximum absolute atomic E-state index is 12.6. The molecule has 3 rings (SSSR count). The van der Waals surface area contributed by atoms with E-state index < -0.39 is 23.8 Å². The molecule has 0 spiro atoms. The van der Waals surface area contributed by atoms with Crippen LogP contribution in [0.25, 0.3) is 11.1 Å². The molecule has 0 radical (unpaired) electrons. The molecule has 0 saturated heterocycles. The van der Waals surface area contributed by atoms with E-state index in [0.29, 0.717) is 12.3 Å². The van der Waals surface area contributed by atoms with Gasteiger partial charge in [-0.05, 0) is 65.0 Å². The van der Waals surface area contributed by atoms with Gasteiger partial charge in [-0.3, -0.25) is 9.67 Å². The normalized spacial score (nSPS) is 12.4. The zero-order valence-corrected chi connectivity index (χ0v) is 24.4. The summed E-state index contributed by atoms with van der Waals surface area (Å²) in [4.78, 5) is 29.4. The van der Waals surface area contributed by atoms with E-state index in [9.17, 15) is 14.7 Å². The number of alkyl carbamates (subject to hydrolysis) is 1. The second kappa shape index (κ2) is 11.9. The molecule has 2 N–H and O–H groups in total. The molecule has 3 aromatic rings. The molecule has 1 atom stereocenters. The number of pyridine rings is 1. The molecule has 210 valence electrons. The lowest BCUT2D eigenvalue weighted by Gasteiger charge is -2.26. The first kappa shape index (κ1) is 29.7. The molecule has 0 aliphatic rings. The second-order valence-electron chi connectivity index (χ2n) is 11.3. The summed E-state index contributed by atoms with van der Waals surface area (Å²) >= 11 is 0. The highest BCUT2D eigenvalue weighted by molar-refractivity contribution is 5.90. The van der Waals surface area contributed by atoms with Crippen molar-refractivity contribution in [3.8, 4) is 17.0 Å². The van der Waals surface area contributed by atoms with Gasteiger partial charge in [0, 0.05) is 42.3 Å². The maximum atomic E-state index is 12.6. The Hall–Kier alpha value is -3.88. The number of aromatic carboxylic acids is 1. The summed E-state index contributed by atoms with van der Waals surface area (Å²) in [6.07, 6.45) is 1.02. The highest BCUT2D eigenvalue weighted by atomic mass is 16.6. The lowest BCUT2D eigenvalue weighted by Crippen LogP contribution is -2.32. The predicted octanol–water partition coefficient (Wildman–Crippen LogP) is 6.16. The number of carboxylic acids is 1. The highest BCUT2D eigenvalue weighted by Crippen LogP contribution is 2.38. The third kappa shape index (κ3) is 7.59. The van der Waals surface area contributed by atoms with E-state index in [1.807, 2.05) is 65.8 Å². The lowest BCUT2D eigenvalue weighted by molar-refractivity contribution is 0.0523. The Labute approximate surface area is 230 Å². The Balaban J connectivity index is 2.19. The van der Waals surface area contributed by atoms with Crippen molar-refractivity contribution in [1.82, 2.24) is 20.1 Å². The minimum absolute atomic E-state index is 0.0184. The summed E-state index contributed by atoms with van der Waals surface area (Å²) in [5, 5.41) is 16.8. The number of rotatable bonds is 9. The van der Waals surface area contributed by atoms with Crippen molar-refractivity contribution >= 4 is 12.1 Å². The highest BCUT2D eigenvalue weighted by Gasteiger charge is 2.27. The van der Waals surface area contributed by atoms with Crippen LogP contribution in [0.5, 0.6) is 5.88 Å². The van der Waals surface area contributed by atoms with E-state index in [-0.39, 0.29) is 18.0 Å². The summed E-state index contributed by atoms with van der Waals surface area (Å²) in [7, 11) is 1.65. The standard InChI is InChI=1S/C30H40N4O5/c1-17(2)14-24-22(15-31-29(37)39-30(6,7)8)26(21-12-10-18(3)11-13-21)25(19(4)32-24)20(5)38-27-23(28(35)36)16-34(9)33-27/h10-13,16-17,20H,14-15H2,1-9H3,(H,31,37)(H,35,36). The van der Waals surface area contributed by atoms with Gasteiger partial charge in [0.25, 0.3) is 0 Å². The van der Waals surface area contributed by atoms with E-state index in [1.165, 1.54) is 10.9 Å². The fourth-order valence-corrected chi connectivity index (χ4v) is 4.51. The number of carbonyl (C=O) groups excluding carboxylic acids is 1. The molecule has 0 aliphatic heterocycles. The molecule has 39 heavy (non-hydrogen) atoms. The fourth-order valence-electron chi connectivity index (χ4n) is 4.51. The number of aryl methyl sites for hydroxylation is 3. The Bertz CT molecular complexity index is 1340. The predicted molar refractivity (Wildman–Crippen MR) is 150 cm³/mol. The molecule has 0 fully saturated rings. The van der Waals surface area contributed by atoms with Crippen LogP contribution in [0.2, 0.25) is 0 Å². The van der Waals surface area contributed by atoms with Gasteiger partial charge in [-0.15, -0.1) is 5.10 Å². The number of nitrogens with zero attached hydrogens (tertiary/aromatic N) is 3. The maximum Gasteiger partial charge on any atom is 0.407 e. The topological polar surface area (TPSA) is 116 Å². The van der Waals surface area contributed by atoms with Crippen molar-refractivity contribution in [2.24, 2.45) is 13.0 Å². The van der Waals surface area contributed by atoms with Crippen molar-refractivity contribution in [3.05, 3.63) is 64.1 Å². The number of hydrogen-bond donors (Lipinski definition) is 2. The van der Waals surface area contributed by atoms with Gasteiger partial charge in [0.05, 0.1) is 0 Å². The molecule has 9 heteroatoms. The Kier molecular flexibility index (Phi) is 9.04. The first-order valence-electron chi connectivity index (χ1n) is 13.2. The monoisotopic (exact) mass is 536 g/mol. The van der Waals surface area contributed by atoms with Crippen LogP contribution >= 0.6 is 0 Å². The van der Waals surface area contributed by atoms with Gasteiger partial charge in [0.1, 0.15) is 17.3 Å². The Morgan fingerprint density at radius 3 is 2.31 bits per heavy atom. The number of ether oxygens (including phenoxy) is 2. The van der Waals surface area contributed by atoms with E-state index in [2.05, 4.69) is 24.3 Å². The number of nitrogens with one attached hydrogen (secondary N) is 1. The third-order valence-electron chi connectivity index (χ3n) is 6.08. The molecule has 2 aromatic heterocycles. The Morgan fingerprint density at radius 1 is 1.10 bits per heavy atom. The molecular formula is C30H40N4O5. The smallest absolute Gasteiger partial charge is 0.407 e. The van der Waals surface area contributed by atoms with Crippen molar-refractivity contribution in [1.29, 1.82) is 0 Å². The fraction of sp³-hybridized carbons (Fsp3) is 0.467. The number of carboxylic acid groups (broad SMARTS) is 1. The zero-order valence-electron chi connectivity index (χ0n) is 24.4. The van der Waals surface area contributed by atoms with Gasteiger partial charge in [-0.2, -0.15) is 0 Å². The minimum atomic E-state index is -1.12. The van der Waals surface area contributed by atoms with Crippen molar-refractivity contribution < 1.29 is 24.2 Å². The minimum Gasteiger partial charge on any atom is -0.477 e. The first-order chi connectivity index (χ1) is 18.2. The molecule has 1 amide bonds. The number of carbonyl (C=O) groups is 2. The van der Waals surface area contributed by atoms with Crippen molar-refractivity contribution in [2.45, 2.75) is 80.1 Å². The summed E-state index contributed by atoms with van der Waals surface area (Å²) in [5.41, 5.74) is 5.63. The van der Waals surface area contributed by atoms with Gasteiger partial charge in [-0.1, -0.05) is 43.7 Å². The molecule has 9 nitrogen and oxygen atoms in total. The zero-order chi connectivity index (χ0) is 29.1. The molecule has 0 aliphatic carbocycles. The van der Waals surface area contributed by atoms with Gasteiger partial charge < -0.3 is 19.9 Å². The number of amides is 1. The van der Waals surface area contributed by atoms with E-state index in [1.54, 1.807) is 7.05 Å². The van der Waals surface area contributed by atoms with Gasteiger partial charge in [-0.25, -0.2) is 9.59 Å². The van der Waals surface area contributed by atoms with Crippen molar-refractivity contribution in [3.63, 3.8) is 0 Å². The van der Waals surface area contributed by atoms with Crippen LogP contribution in [-0.2, 0) is 24.8 Å². The van der Waals surface area contributed by atoms with Crippen LogP contribution in [-0.4, -0.2) is 37.5 Å². The van der Waals surface area contributed by atoms with Crippen LogP contribution < -0.4 is 10.1 Å². The van der Waals surface area contributed by atoms with Crippen LogP contribution in [0.15, 0.2) is 30.5 Å². The molecule has 2 heterocycles. The first-order valence-corrected chi connectivity index (χ1v) is 13.2. The van der Waals surface area contributed by atoms with Gasteiger partial charge in [0.15, 0.2) is 0 Å². The van der Waals surface area contributed by atoms with E-state index in [4.69, 9.17) is 14.5 Å². The molecule has 0 saturated carbocycles.